The number of hydrogen-bond acceptors (Lipinski definition) is 3. The number of aromatic carboxylic acids is 1. The Morgan fingerprint density at radius 1 is 1.29 bits per heavy atom. The average Bonchev–Trinajstić information content (AvgIpc) is 2.92. The maximum atomic E-state index is 12.0. The minimum atomic E-state index is -1.05. The predicted octanol–water partition coefficient (Wildman–Crippen LogP) is 3.17. The maximum Gasteiger partial charge on any atom is 0.337 e. The molecule has 5 nitrogen and oxygen atoms in total. The third-order valence-corrected chi connectivity index (χ3v) is 3.15. The minimum Gasteiger partial charge on any atom is -0.478 e. The summed E-state index contributed by atoms with van der Waals surface area (Å²) in [5.41, 5.74) is 2.05. The Labute approximate surface area is 122 Å². The number of anilines is 1. The molecule has 1 aromatic carbocycles. The molecular weight excluding hydrogens is 270 g/mol. The summed E-state index contributed by atoms with van der Waals surface area (Å²) < 4.78 is 5.16. The van der Waals surface area contributed by atoms with Crippen LogP contribution in [0, 0.1) is 13.8 Å². The van der Waals surface area contributed by atoms with Crippen LogP contribution in [0.5, 0.6) is 0 Å². The second-order valence-electron chi connectivity index (χ2n) is 4.94. The smallest absolute Gasteiger partial charge is 0.337 e. The van der Waals surface area contributed by atoms with Crippen LogP contribution in [0.3, 0.4) is 0 Å². The second-order valence-corrected chi connectivity index (χ2v) is 4.94. The van der Waals surface area contributed by atoms with Crippen LogP contribution >= 0.6 is 0 Å². The zero-order chi connectivity index (χ0) is 15.4. The first-order chi connectivity index (χ1) is 9.97. The lowest BCUT2D eigenvalue weighted by Crippen LogP contribution is -2.16. The lowest BCUT2D eigenvalue weighted by Gasteiger charge is -2.12. The van der Waals surface area contributed by atoms with Crippen molar-refractivity contribution in [3.63, 3.8) is 0 Å². The van der Waals surface area contributed by atoms with E-state index in [4.69, 9.17) is 4.42 Å². The van der Waals surface area contributed by atoms with Gasteiger partial charge < -0.3 is 14.8 Å². The highest BCUT2D eigenvalue weighted by atomic mass is 16.4. The Morgan fingerprint density at radius 2 is 2.05 bits per heavy atom. The third-order valence-electron chi connectivity index (χ3n) is 3.15. The van der Waals surface area contributed by atoms with Crippen molar-refractivity contribution in [3.05, 3.63) is 53.0 Å². The number of aryl methyl sites for hydroxylation is 3. The molecule has 1 aromatic heterocycles. The molecule has 0 saturated heterocycles. The van der Waals surface area contributed by atoms with E-state index in [1.165, 1.54) is 0 Å². The third kappa shape index (κ3) is 3.72. The van der Waals surface area contributed by atoms with Gasteiger partial charge in [0.1, 0.15) is 5.76 Å². The van der Waals surface area contributed by atoms with Gasteiger partial charge in [0.05, 0.1) is 17.5 Å². The number of hydrogen-bond donors (Lipinski definition) is 2. The predicted molar refractivity (Wildman–Crippen MR) is 78.5 cm³/mol. The molecule has 0 spiro atoms. The molecule has 2 N–H and O–H groups in total. The van der Waals surface area contributed by atoms with Crippen LogP contribution in [0.25, 0.3) is 0 Å². The molecule has 0 atom stereocenters. The maximum absolute atomic E-state index is 12.0. The molecular formula is C16H17NO4. The van der Waals surface area contributed by atoms with Gasteiger partial charge in [-0.2, -0.15) is 0 Å². The summed E-state index contributed by atoms with van der Waals surface area (Å²) in [7, 11) is 0. The van der Waals surface area contributed by atoms with Gasteiger partial charge in [-0.1, -0.05) is 6.07 Å². The molecule has 0 fully saturated rings. The summed E-state index contributed by atoms with van der Waals surface area (Å²) in [6.45, 7) is 3.60. The SMILES string of the molecule is Cc1cc(C)c(NC(=O)CCc2ccco2)c(C(=O)O)c1. The van der Waals surface area contributed by atoms with Crippen molar-refractivity contribution in [3.8, 4) is 0 Å². The van der Waals surface area contributed by atoms with Crippen molar-refractivity contribution in [1.29, 1.82) is 0 Å². The zero-order valence-corrected chi connectivity index (χ0v) is 12.0. The van der Waals surface area contributed by atoms with Crippen molar-refractivity contribution in [2.45, 2.75) is 26.7 Å². The van der Waals surface area contributed by atoms with Crippen LogP contribution in [-0.4, -0.2) is 17.0 Å². The van der Waals surface area contributed by atoms with Crippen molar-refractivity contribution < 1.29 is 19.1 Å². The van der Waals surface area contributed by atoms with Gasteiger partial charge in [0.15, 0.2) is 0 Å². The summed E-state index contributed by atoms with van der Waals surface area (Å²) in [5, 5.41) is 11.9. The first kappa shape index (κ1) is 14.8. The van der Waals surface area contributed by atoms with Crippen molar-refractivity contribution in [2.24, 2.45) is 0 Å². The minimum absolute atomic E-state index is 0.110. The first-order valence-electron chi connectivity index (χ1n) is 6.64. The van der Waals surface area contributed by atoms with Crippen LogP contribution in [0.1, 0.15) is 33.7 Å². The monoisotopic (exact) mass is 287 g/mol. The molecule has 1 heterocycles. The van der Waals surface area contributed by atoms with Gasteiger partial charge >= 0.3 is 5.97 Å². The van der Waals surface area contributed by atoms with E-state index in [2.05, 4.69) is 5.32 Å². The molecule has 1 amide bonds. The highest BCUT2D eigenvalue weighted by Crippen LogP contribution is 2.23. The molecule has 5 heteroatoms. The lowest BCUT2D eigenvalue weighted by atomic mass is 10.0. The lowest BCUT2D eigenvalue weighted by molar-refractivity contribution is -0.116. The Bertz CT molecular complexity index is 659. The Balaban J connectivity index is 2.11. The molecule has 0 unspecified atom stereocenters. The van der Waals surface area contributed by atoms with E-state index in [1.54, 1.807) is 31.4 Å². The topological polar surface area (TPSA) is 79.5 Å². The van der Waals surface area contributed by atoms with Gasteiger partial charge in [-0.15, -0.1) is 0 Å². The molecule has 0 aliphatic rings. The molecule has 0 aliphatic carbocycles. The van der Waals surface area contributed by atoms with E-state index in [9.17, 15) is 14.7 Å². The number of carboxylic acids is 1. The number of carboxylic acid groups (broad SMARTS) is 1. The quantitative estimate of drug-likeness (QED) is 0.885. The molecule has 21 heavy (non-hydrogen) atoms. The van der Waals surface area contributed by atoms with Gasteiger partial charge in [-0.05, 0) is 43.2 Å². The number of rotatable bonds is 5. The highest BCUT2D eigenvalue weighted by Gasteiger charge is 2.15. The number of carbonyl (C=O) groups excluding carboxylic acids is 1. The van der Waals surface area contributed by atoms with Gasteiger partial charge in [0, 0.05) is 12.8 Å². The van der Waals surface area contributed by atoms with Gasteiger partial charge in [-0.3, -0.25) is 4.79 Å². The number of benzene rings is 1. The standard InChI is InChI=1S/C16H17NO4/c1-10-8-11(2)15(13(9-10)16(19)20)17-14(18)6-5-12-4-3-7-21-12/h3-4,7-9H,5-6H2,1-2H3,(H,17,18)(H,19,20). The number of nitrogens with one attached hydrogen (secondary N) is 1. The summed E-state index contributed by atoms with van der Waals surface area (Å²) in [5.74, 6) is -0.562. The summed E-state index contributed by atoms with van der Waals surface area (Å²) in [4.78, 5) is 23.3. The van der Waals surface area contributed by atoms with Crippen molar-refractivity contribution in [1.82, 2.24) is 0 Å². The second kappa shape index (κ2) is 6.26. The van der Waals surface area contributed by atoms with Crippen LogP contribution in [-0.2, 0) is 11.2 Å². The fraction of sp³-hybridized carbons (Fsp3) is 0.250. The number of furan rings is 1. The first-order valence-corrected chi connectivity index (χ1v) is 6.64. The summed E-state index contributed by atoms with van der Waals surface area (Å²) >= 11 is 0. The van der Waals surface area contributed by atoms with Crippen LogP contribution in [0.15, 0.2) is 34.9 Å². The fourth-order valence-electron chi connectivity index (χ4n) is 2.20. The Hall–Kier alpha value is -2.56. The molecule has 2 rings (SSSR count). The largest absolute Gasteiger partial charge is 0.478 e. The Kier molecular flexibility index (Phi) is 4.42. The van der Waals surface area contributed by atoms with E-state index < -0.39 is 5.97 Å². The van der Waals surface area contributed by atoms with E-state index in [1.807, 2.05) is 13.0 Å². The van der Waals surface area contributed by atoms with E-state index in [0.29, 0.717) is 12.1 Å². The summed E-state index contributed by atoms with van der Waals surface area (Å²) in [6.07, 6.45) is 2.27. The van der Waals surface area contributed by atoms with Gasteiger partial charge in [0.25, 0.3) is 0 Å². The van der Waals surface area contributed by atoms with Gasteiger partial charge in [0.2, 0.25) is 5.91 Å². The average molecular weight is 287 g/mol. The van der Waals surface area contributed by atoms with Crippen LogP contribution in [0.2, 0.25) is 0 Å². The zero-order valence-electron chi connectivity index (χ0n) is 12.0. The van der Waals surface area contributed by atoms with E-state index >= 15 is 0 Å². The van der Waals surface area contributed by atoms with Crippen LogP contribution < -0.4 is 5.32 Å². The van der Waals surface area contributed by atoms with E-state index in [-0.39, 0.29) is 17.9 Å². The normalized spacial score (nSPS) is 10.4. The number of amides is 1. The van der Waals surface area contributed by atoms with Gasteiger partial charge in [-0.25, -0.2) is 4.79 Å². The molecule has 0 bridgehead atoms. The molecule has 0 radical (unpaired) electrons. The molecule has 0 saturated carbocycles. The molecule has 0 aliphatic heterocycles. The Morgan fingerprint density at radius 3 is 2.67 bits per heavy atom. The highest BCUT2D eigenvalue weighted by molar-refractivity contribution is 6.01. The molecule has 110 valence electrons. The molecule has 2 aromatic rings. The fourth-order valence-corrected chi connectivity index (χ4v) is 2.20. The van der Waals surface area contributed by atoms with Crippen molar-refractivity contribution >= 4 is 17.6 Å². The number of carbonyl (C=O) groups is 2. The summed E-state index contributed by atoms with van der Waals surface area (Å²) in [6, 6.07) is 6.96. The van der Waals surface area contributed by atoms with Crippen molar-refractivity contribution in [2.75, 3.05) is 5.32 Å². The van der Waals surface area contributed by atoms with Crippen LogP contribution in [0.4, 0.5) is 5.69 Å². The van der Waals surface area contributed by atoms with E-state index in [0.717, 1.165) is 16.9 Å².